The fourth-order valence-electron chi connectivity index (χ4n) is 1.02. The van der Waals surface area contributed by atoms with E-state index in [1.165, 1.54) is 6.92 Å². The summed E-state index contributed by atoms with van der Waals surface area (Å²) in [6, 6.07) is 7.08. The van der Waals surface area contributed by atoms with Crippen LogP contribution in [0, 0.1) is 0 Å². The largest absolute Gasteiger partial charge is 0.395 e. The Kier molecular flexibility index (Phi) is 4.64. The third-order valence-electron chi connectivity index (χ3n) is 2.14. The molecule has 0 aliphatic carbocycles. The van der Waals surface area contributed by atoms with E-state index < -0.39 is 21.9 Å². The maximum Gasteiger partial charge on any atom is 0.237 e. The molecule has 0 bridgehead atoms. The maximum absolute atomic E-state index is 11.6. The van der Waals surface area contributed by atoms with Crippen LogP contribution in [0.1, 0.15) is 6.92 Å². The van der Waals surface area contributed by atoms with Crippen LogP contribution >= 0.6 is 11.8 Å². The summed E-state index contributed by atoms with van der Waals surface area (Å²) in [5, 5.41) is 8.00. The summed E-state index contributed by atoms with van der Waals surface area (Å²) in [4.78, 5) is 1.07. The number of aliphatic hydroxyl groups excluding tert-OH is 1. The van der Waals surface area contributed by atoms with Crippen molar-refractivity contribution < 1.29 is 13.5 Å². The van der Waals surface area contributed by atoms with E-state index in [9.17, 15) is 8.42 Å². The molecule has 0 aromatic heterocycles. The van der Waals surface area contributed by atoms with E-state index in [0.29, 0.717) is 5.69 Å². The molecule has 1 aromatic carbocycles. The molecule has 6 heteroatoms. The van der Waals surface area contributed by atoms with Crippen molar-refractivity contribution in [2.45, 2.75) is 17.1 Å². The number of rotatable bonds is 5. The topological polar surface area (TPSA) is 66.4 Å². The standard InChI is InChI=1S/C10H15NO3S2/c1-8(7-12)16(13,14)11-9-3-5-10(15-2)6-4-9/h3-6,8,11-12H,7H2,1-2H3. The van der Waals surface area contributed by atoms with E-state index in [4.69, 9.17) is 5.11 Å². The summed E-state index contributed by atoms with van der Waals surface area (Å²) in [6.07, 6.45) is 1.95. The Balaban J connectivity index is 2.80. The van der Waals surface area contributed by atoms with Gasteiger partial charge >= 0.3 is 0 Å². The lowest BCUT2D eigenvalue weighted by Gasteiger charge is -2.12. The molecule has 90 valence electrons. The Morgan fingerprint density at radius 3 is 2.38 bits per heavy atom. The molecule has 0 aliphatic rings. The van der Waals surface area contributed by atoms with Crippen molar-refractivity contribution in [3.05, 3.63) is 24.3 Å². The van der Waals surface area contributed by atoms with Crippen LogP contribution in [0.3, 0.4) is 0 Å². The Hall–Kier alpha value is -0.720. The van der Waals surface area contributed by atoms with E-state index in [1.54, 1.807) is 23.9 Å². The van der Waals surface area contributed by atoms with Gasteiger partial charge in [-0.15, -0.1) is 11.8 Å². The Bertz CT molecular complexity index is 428. The van der Waals surface area contributed by atoms with Crippen molar-refractivity contribution in [2.75, 3.05) is 17.6 Å². The Morgan fingerprint density at radius 2 is 1.94 bits per heavy atom. The fraction of sp³-hybridized carbons (Fsp3) is 0.400. The second kappa shape index (κ2) is 5.56. The van der Waals surface area contributed by atoms with E-state index in [1.807, 2.05) is 18.4 Å². The average molecular weight is 261 g/mol. The molecular formula is C10H15NO3S2. The number of anilines is 1. The number of nitrogens with one attached hydrogen (secondary N) is 1. The molecule has 1 unspecified atom stereocenters. The lowest BCUT2D eigenvalue weighted by Crippen LogP contribution is -2.28. The van der Waals surface area contributed by atoms with Gasteiger partial charge in [0, 0.05) is 10.6 Å². The van der Waals surface area contributed by atoms with Gasteiger partial charge in [-0.25, -0.2) is 8.42 Å². The number of hydrogen-bond donors (Lipinski definition) is 2. The summed E-state index contributed by atoms with van der Waals surface area (Å²) in [6.45, 7) is 1.07. The van der Waals surface area contributed by atoms with Crippen LogP contribution in [-0.4, -0.2) is 31.6 Å². The minimum atomic E-state index is -3.49. The van der Waals surface area contributed by atoms with Gasteiger partial charge in [0.1, 0.15) is 5.25 Å². The summed E-state index contributed by atoms with van der Waals surface area (Å²) in [5.74, 6) is 0. The number of benzene rings is 1. The lowest BCUT2D eigenvalue weighted by atomic mass is 10.3. The first-order valence-corrected chi connectivity index (χ1v) is 7.53. The molecule has 0 spiro atoms. The zero-order valence-electron chi connectivity index (χ0n) is 9.17. The molecule has 16 heavy (non-hydrogen) atoms. The molecule has 1 rings (SSSR count). The van der Waals surface area contributed by atoms with Gasteiger partial charge < -0.3 is 5.11 Å². The molecule has 0 saturated carbocycles. The molecule has 0 fully saturated rings. The van der Waals surface area contributed by atoms with Gasteiger partial charge in [-0.3, -0.25) is 4.72 Å². The van der Waals surface area contributed by atoms with Gasteiger partial charge in [0.15, 0.2) is 0 Å². The highest BCUT2D eigenvalue weighted by molar-refractivity contribution is 7.98. The van der Waals surface area contributed by atoms with Crippen LogP contribution < -0.4 is 4.72 Å². The van der Waals surface area contributed by atoms with Crippen molar-refractivity contribution in [1.82, 2.24) is 0 Å². The van der Waals surface area contributed by atoms with Crippen LogP contribution in [0.5, 0.6) is 0 Å². The monoisotopic (exact) mass is 261 g/mol. The minimum absolute atomic E-state index is 0.391. The Labute approximate surface area is 100 Å². The fourth-order valence-corrected chi connectivity index (χ4v) is 2.29. The molecule has 0 saturated heterocycles. The quantitative estimate of drug-likeness (QED) is 0.789. The van der Waals surface area contributed by atoms with E-state index in [2.05, 4.69) is 4.72 Å². The van der Waals surface area contributed by atoms with Crippen LogP contribution in [0.25, 0.3) is 0 Å². The molecule has 1 atom stereocenters. The smallest absolute Gasteiger partial charge is 0.237 e. The zero-order chi connectivity index (χ0) is 12.2. The second-order valence-electron chi connectivity index (χ2n) is 3.37. The SMILES string of the molecule is CSc1ccc(NS(=O)(=O)C(C)CO)cc1. The molecule has 0 heterocycles. The van der Waals surface area contributed by atoms with Crippen molar-refractivity contribution in [3.63, 3.8) is 0 Å². The predicted octanol–water partition coefficient (Wildman–Crippen LogP) is 1.53. The highest BCUT2D eigenvalue weighted by Crippen LogP contribution is 2.18. The lowest BCUT2D eigenvalue weighted by molar-refractivity contribution is 0.296. The van der Waals surface area contributed by atoms with Gasteiger partial charge in [0.25, 0.3) is 0 Å². The van der Waals surface area contributed by atoms with Crippen LogP contribution in [0.2, 0.25) is 0 Å². The third-order valence-corrected chi connectivity index (χ3v) is 4.61. The van der Waals surface area contributed by atoms with E-state index >= 15 is 0 Å². The second-order valence-corrected chi connectivity index (χ2v) is 6.35. The highest BCUT2D eigenvalue weighted by Gasteiger charge is 2.19. The van der Waals surface area contributed by atoms with Crippen molar-refractivity contribution >= 4 is 27.5 Å². The van der Waals surface area contributed by atoms with Crippen LogP contribution in [0.4, 0.5) is 5.69 Å². The maximum atomic E-state index is 11.6. The predicted molar refractivity (Wildman–Crippen MR) is 67.3 cm³/mol. The van der Waals surface area contributed by atoms with Crippen molar-refractivity contribution in [1.29, 1.82) is 0 Å². The van der Waals surface area contributed by atoms with Gasteiger partial charge in [0.05, 0.1) is 6.61 Å². The summed E-state index contributed by atoms with van der Waals surface area (Å²) < 4.78 is 25.6. The van der Waals surface area contributed by atoms with Crippen LogP contribution in [-0.2, 0) is 10.0 Å². The molecule has 4 nitrogen and oxygen atoms in total. The average Bonchev–Trinajstić information content (AvgIpc) is 2.28. The first kappa shape index (κ1) is 13.3. The summed E-state index contributed by atoms with van der Waals surface area (Å²) >= 11 is 1.59. The number of sulfonamides is 1. The van der Waals surface area contributed by atoms with Crippen molar-refractivity contribution in [3.8, 4) is 0 Å². The molecule has 0 radical (unpaired) electrons. The molecule has 0 aliphatic heterocycles. The number of aliphatic hydroxyl groups is 1. The Morgan fingerprint density at radius 1 is 1.38 bits per heavy atom. The first-order chi connectivity index (χ1) is 7.49. The number of thioether (sulfide) groups is 1. The van der Waals surface area contributed by atoms with Crippen LogP contribution in [0.15, 0.2) is 29.2 Å². The molecule has 2 N–H and O–H groups in total. The molecular weight excluding hydrogens is 246 g/mol. The highest BCUT2D eigenvalue weighted by atomic mass is 32.2. The molecule has 0 amide bonds. The summed E-state index contributed by atoms with van der Waals surface area (Å²) in [5.41, 5.74) is 0.512. The minimum Gasteiger partial charge on any atom is -0.395 e. The van der Waals surface area contributed by atoms with Gasteiger partial charge in [-0.1, -0.05) is 0 Å². The molecule has 1 aromatic rings. The first-order valence-electron chi connectivity index (χ1n) is 4.76. The third kappa shape index (κ3) is 3.40. The van der Waals surface area contributed by atoms with Gasteiger partial charge in [-0.2, -0.15) is 0 Å². The zero-order valence-corrected chi connectivity index (χ0v) is 10.8. The normalized spacial score (nSPS) is 13.4. The number of hydrogen-bond acceptors (Lipinski definition) is 4. The van der Waals surface area contributed by atoms with E-state index in [-0.39, 0.29) is 0 Å². The summed E-state index contributed by atoms with van der Waals surface area (Å²) in [7, 11) is -3.49. The van der Waals surface area contributed by atoms with Gasteiger partial charge in [-0.05, 0) is 37.4 Å². The van der Waals surface area contributed by atoms with Crippen molar-refractivity contribution in [2.24, 2.45) is 0 Å². The van der Waals surface area contributed by atoms with Gasteiger partial charge in [0.2, 0.25) is 10.0 Å². The van der Waals surface area contributed by atoms with E-state index in [0.717, 1.165) is 4.90 Å².